The van der Waals surface area contributed by atoms with Crippen LogP contribution in [0.1, 0.15) is 70.6 Å². The van der Waals surface area contributed by atoms with Crippen LogP contribution in [0.15, 0.2) is 66.9 Å². The van der Waals surface area contributed by atoms with Gasteiger partial charge in [0.2, 0.25) is 0 Å². The van der Waals surface area contributed by atoms with Crippen LogP contribution in [0.2, 0.25) is 10.0 Å². The summed E-state index contributed by atoms with van der Waals surface area (Å²) in [6, 6.07) is 16.4. The van der Waals surface area contributed by atoms with Crippen molar-refractivity contribution < 1.29 is 27.9 Å². The molecule has 0 aliphatic rings. The second-order valence-corrected chi connectivity index (χ2v) is 10.8. The minimum Gasteiger partial charge on any atom is -0.481 e. The molecule has 216 valence electrons. The van der Waals surface area contributed by atoms with Gasteiger partial charge >= 0.3 is 12.1 Å². The summed E-state index contributed by atoms with van der Waals surface area (Å²) in [7, 11) is 1.76. The van der Waals surface area contributed by atoms with Crippen molar-refractivity contribution in [3.8, 4) is 0 Å². The number of hydrogen-bond acceptors (Lipinski definition) is 2. The molecule has 10 heteroatoms. The van der Waals surface area contributed by atoms with E-state index in [1.807, 2.05) is 37.4 Å². The van der Waals surface area contributed by atoms with Gasteiger partial charge in [-0.05, 0) is 65.4 Å². The first-order chi connectivity index (χ1) is 19.4. The number of aliphatic carboxylic acids is 1. The van der Waals surface area contributed by atoms with E-state index in [1.165, 1.54) is 0 Å². The molecule has 3 aromatic carbocycles. The maximum absolute atomic E-state index is 13.8. The molecular weight excluding hydrogens is 576 g/mol. The highest BCUT2D eigenvalue weighted by Crippen LogP contribution is 2.46. The summed E-state index contributed by atoms with van der Waals surface area (Å²) in [6.45, 7) is 2.05. The van der Waals surface area contributed by atoms with Crippen molar-refractivity contribution in [1.29, 1.82) is 0 Å². The number of alkyl halides is 3. The fourth-order valence-electron chi connectivity index (χ4n) is 5.33. The zero-order chi connectivity index (χ0) is 29.9. The minimum absolute atomic E-state index is 0.0105. The SMILES string of the molecule is CCCC(c1ccc(C(=O)NCCC(=O)O)cc1)C(c1ccc(Cl)cc1)c1cn(C)c2c(Cl)cc(C(F)(F)F)cc12. The van der Waals surface area contributed by atoms with Crippen LogP contribution < -0.4 is 5.32 Å². The van der Waals surface area contributed by atoms with Crippen LogP contribution >= 0.6 is 23.2 Å². The number of aryl methyl sites for hydroxylation is 1. The number of hydrogen-bond donors (Lipinski definition) is 2. The van der Waals surface area contributed by atoms with E-state index in [-0.39, 0.29) is 35.7 Å². The van der Waals surface area contributed by atoms with Crippen molar-refractivity contribution >= 4 is 46.0 Å². The molecule has 2 atom stereocenters. The molecular formula is C31H29Cl2F3N2O3. The smallest absolute Gasteiger partial charge is 0.416 e. The zero-order valence-electron chi connectivity index (χ0n) is 22.4. The number of aromatic nitrogens is 1. The summed E-state index contributed by atoms with van der Waals surface area (Å²) in [4.78, 5) is 23.3. The van der Waals surface area contributed by atoms with Gasteiger partial charge in [-0.25, -0.2) is 0 Å². The second-order valence-electron chi connectivity index (χ2n) is 9.99. The van der Waals surface area contributed by atoms with E-state index < -0.39 is 17.7 Å². The molecule has 41 heavy (non-hydrogen) atoms. The average Bonchev–Trinajstić information content (AvgIpc) is 3.25. The largest absolute Gasteiger partial charge is 0.481 e. The molecule has 0 fully saturated rings. The quantitative estimate of drug-likeness (QED) is 0.191. The number of carboxylic acids is 1. The summed E-state index contributed by atoms with van der Waals surface area (Å²) in [5, 5.41) is 12.4. The molecule has 0 aliphatic heterocycles. The normalized spacial score (nSPS) is 13.2. The number of rotatable bonds is 10. The monoisotopic (exact) mass is 604 g/mol. The first-order valence-corrected chi connectivity index (χ1v) is 13.9. The van der Waals surface area contributed by atoms with Crippen molar-refractivity contribution in [1.82, 2.24) is 9.88 Å². The lowest BCUT2D eigenvalue weighted by atomic mass is 9.75. The number of carbonyl (C=O) groups excluding carboxylic acids is 1. The van der Waals surface area contributed by atoms with E-state index in [1.54, 1.807) is 35.9 Å². The average molecular weight is 605 g/mol. The van der Waals surface area contributed by atoms with Gasteiger partial charge in [0.15, 0.2) is 0 Å². The van der Waals surface area contributed by atoms with Gasteiger partial charge in [-0.15, -0.1) is 0 Å². The van der Waals surface area contributed by atoms with Crippen LogP contribution in [-0.4, -0.2) is 28.1 Å². The molecule has 0 saturated heterocycles. The zero-order valence-corrected chi connectivity index (χ0v) is 23.9. The van der Waals surface area contributed by atoms with E-state index in [0.29, 0.717) is 33.5 Å². The predicted octanol–water partition coefficient (Wildman–Crippen LogP) is 8.42. The van der Waals surface area contributed by atoms with Gasteiger partial charge in [-0.2, -0.15) is 13.2 Å². The first-order valence-electron chi connectivity index (χ1n) is 13.1. The molecule has 1 amide bonds. The molecule has 0 saturated carbocycles. The number of nitrogens with zero attached hydrogens (tertiary/aromatic N) is 1. The molecule has 4 rings (SSSR count). The third-order valence-corrected chi connectivity index (χ3v) is 7.72. The Morgan fingerprint density at radius 3 is 2.22 bits per heavy atom. The van der Waals surface area contributed by atoms with Crippen LogP contribution in [0, 0.1) is 0 Å². The lowest BCUT2D eigenvalue weighted by Gasteiger charge is -2.29. The molecule has 5 nitrogen and oxygen atoms in total. The molecule has 2 unspecified atom stereocenters. The Morgan fingerprint density at radius 1 is 1.00 bits per heavy atom. The number of fused-ring (bicyclic) bond motifs is 1. The van der Waals surface area contributed by atoms with Crippen LogP contribution in [0.4, 0.5) is 13.2 Å². The van der Waals surface area contributed by atoms with Gasteiger partial charge in [-0.1, -0.05) is 60.8 Å². The van der Waals surface area contributed by atoms with Crippen molar-refractivity contribution in [2.24, 2.45) is 7.05 Å². The second kappa shape index (κ2) is 12.6. The van der Waals surface area contributed by atoms with Crippen molar-refractivity contribution in [2.45, 2.75) is 44.2 Å². The van der Waals surface area contributed by atoms with Crippen LogP contribution in [0.5, 0.6) is 0 Å². The maximum atomic E-state index is 13.8. The van der Waals surface area contributed by atoms with E-state index in [0.717, 1.165) is 29.7 Å². The fraction of sp³-hybridized carbons (Fsp3) is 0.290. The number of carbonyl (C=O) groups is 2. The molecule has 0 radical (unpaired) electrons. The Hall–Kier alpha value is -3.49. The topological polar surface area (TPSA) is 71.3 Å². The van der Waals surface area contributed by atoms with Gasteiger partial charge in [-0.3, -0.25) is 9.59 Å². The number of halogens is 5. The number of nitrogens with one attached hydrogen (secondary N) is 1. The minimum atomic E-state index is -4.57. The third-order valence-electron chi connectivity index (χ3n) is 7.18. The number of benzene rings is 3. The first kappa shape index (κ1) is 30.5. The Kier molecular flexibility index (Phi) is 9.34. The van der Waals surface area contributed by atoms with Gasteiger partial charge < -0.3 is 15.0 Å². The molecule has 1 heterocycles. The summed E-state index contributed by atoms with van der Waals surface area (Å²) < 4.78 is 43.2. The summed E-state index contributed by atoms with van der Waals surface area (Å²) >= 11 is 12.6. The lowest BCUT2D eigenvalue weighted by Crippen LogP contribution is -2.26. The van der Waals surface area contributed by atoms with Crippen LogP contribution in [0.25, 0.3) is 10.9 Å². The summed E-state index contributed by atoms with van der Waals surface area (Å²) in [5.41, 5.74) is 2.56. The van der Waals surface area contributed by atoms with Crippen LogP contribution in [0.3, 0.4) is 0 Å². The Bertz CT molecular complexity index is 1550. The van der Waals surface area contributed by atoms with Gasteiger partial charge in [0.1, 0.15) is 0 Å². The lowest BCUT2D eigenvalue weighted by molar-refractivity contribution is -0.138. The van der Waals surface area contributed by atoms with E-state index in [9.17, 15) is 22.8 Å². The fourth-order valence-corrected chi connectivity index (χ4v) is 5.81. The van der Waals surface area contributed by atoms with Crippen molar-refractivity contribution in [3.63, 3.8) is 0 Å². The molecule has 0 spiro atoms. The standard InChI is InChI=1S/C31H29Cl2F3N2O3/c1-3-4-23(18-5-7-20(8-6-18)30(41)37-14-13-27(39)40)28(19-9-11-22(32)12-10-19)25-17-38(2)29-24(25)15-21(16-26(29)33)31(34,35)36/h5-12,15-17,23,28H,3-4,13-14H2,1-2H3,(H,37,41)(H,39,40). The van der Waals surface area contributed by atoms with E-state index in [2.05, 4.69) is 5.32 Å². The molecule has 4 aromatic rings. The Balaban J connectivity index is 1.84. The highest BCUT2D eigenvalue weighted by Gasteiger charge is 2.34. The Labute approximate surface area is 245 Å². The predicted molar refractivity (Wildman–Crippen MR) is 155 cm³/mol. The van der Waals surface area contributed by atoms with Gasteiger partial charge in [0.25, 0.3) is 5.91 Å². The van der Waals surface area contributed by atoms with Gasteiger partial charge in [0.05, 0.1) is 22.5 Å². The van der Waals surface area contributed by atoms with Gasteiger partial charge in [0, 0.05) is 41.7 Å². The molecule has 0 aliphatic carbocycles. The highest BCUT2D eigenvalue weighted by atomic mass is 35.5. The molecule has 1 aromatic heterocycles. The summed E-state index contributed by atoms with van der Waals surface area (Å²) in [6.07, 6.45) is -1.41. The van der Waals surface area contributed by atoms with Crippen molar-refractivity contribution in [3.05, 3.63) is 105 Å². The molecule has 0 bridgehead atoms. The third kappa shape index (κ3) is 6.88. The van der Waals surface area contributed by atoms with E-state index in [4.69, 9.17) is 28.3 Å². The van der Waals surface area contributed by atoms with Crippen LogP contribution in [-0.2, 0) is 18.0 Å². The molecule has 2 N–H and O–H groups in total. The highest BCUT2D eigenvalue weighted by molar-refractivity contribution is 6.35. The number of amides is 1. The van der Waals surface area contributed by atoms with Crippen molar-refractivity contribution in [2.75, 3.05) is 6.54 Å². The van der Waals surface area contributed by atoms with E-state index >= 15 is 0 Å². The Morgan fingerprint density at radius 2 is 1.63 bits per heavy atom. The summed E-state index contributed by atoms with van der Waals surface area (Å²) in [5.74, 6) is -1.91. The number of carboxylic acid groups (broad SMARTS) is 1. The maximum Gasteiger partial charge on any atom is 0.416 e.